The zero-order valence-corrected chi connectivity index (χ0v) is 19.1. The molecule has 4 amide bonds. The predicted molar refractivity (Wildman–Crippen MR) is 134 cm³/mol. The molecule has 3 aromatic rings. The Kier molecular flexibility index (Phi) is 6.93. The van der Waals surface area contributed by atoms with Gasteiger partial charge < -0.3 is 15.5 Å². The van der Waals surface area contributed by atoms with E-state index in [9.17, 15) is 9.59 Å². The standard InChI is InChI=1S/C27H30N4O2/c1-20(2)22-9-11-23(12-10-22)28-26(32)29-24-13-15-25(16-14-24)31-18-6-17-30(27(31)33)19-21-7-4-3-5-8-21/h3-5,7-16,20H,6,17-19H2,1-2H3,(H2,28,29,32). The number of nitrogens with zero attached hydrogens (tertiary/aromatic N) is 2. The molecule has 0 saturated carbocycles. The monoisotopic (exact) mass is 442 g/mol. The first-order valence-electron chi connectivity index (χ1n) is 11.4. The summed E-state index contributed by atoms with van der Waals surface area (Å²) in [5.41, 5.74) is 4.59. The Bertz CT molecular complexity index is 1080. The molecule has 1 aliphatic heterocycles. The quantitative estimate of drug-likeness (QED) is 0.471. The Hall–Kier alpha value is -3.80. The van der Waals surface area contributed by atoms with Crippen molar-refractivity contribution in [2.75, 3.05) is 28.6 Å². The van der Waals surface area contributed by atoms with E-state index in [1.807, 2.05) is 83.8 Å². The molecule has 1 heterocycles. The summed E-state index contributed by atoms with van der Waals surface area (Å²) >= 11 is 0. The highest BCUT2D eigenvalue weighted by molar-refractivity contribution is 6.00. The lowest BCUT2D eigenvalue weighted by Gasteiger charge is -2.35. The van der Waals surface area contributed by atoms with Crippen LogP contribution in [0.4, 0.5) is 26.7 Å². The molecule has 0 aliphatic carbocycles. The van der Waals surface area contributed by atoms with Crippen molar-refractivity contribution < 1.29 is 9.59 Å². The van der Waals surface area contributed by atoms with E-state index in [1.165, 1.54) is 5.56 Å². The molecular formula is C27H30N4O2. The molecule has 2 N–H and O–H groups in total. The molecule has 1 aliphatic rings. The van der Waals surface area contributed by atoms with E-state index in [1.54, 1.807) is 4.90 Å². The van der Waals surface area contributed by atoms with E-state index < -0.39 is 0 Å². The lowest BCUT2D eigenvalue weighted by molar-refractivity contribution is 0.192. The number of anilines is 3. The van der Waals surface area contributed by atoms with Gasteiger partial charge in [0.25, 0.3) is 0 Å². The number of nitrogens with one attached hydrogen (secondary N) is 2. The zero-order chi connectivity index (χ0) is 23.2. The number of hydrogen-bond acceptors (Lipinski definition) is 2. The molecule has 170 valence electrons. The molecule has 3 aromatic carbocycles. The number of hydrogen-bond donors (Lipinski definition) is 2. The molecule has 0 radical (unpaired) electrons. The third-order valence-electron chi connectivity index (χ3n) is 5.80. The fourth-order valence-corrected chi connectivity index (χ4v) is 3.94. The summed E-state index contributed by atoms with van der Waals surface area (Å²) in [6.45, 7) is 6.31. The van der Waals surface area contributed by atoms with Crippen LogP contribution in [0, 0.1) is 0 Å². The summed E-state index contributed by atoms with van der Waals surface area (Å²) in [6.07, 6.45) is 0.913. The van der Waals surface area contributed by atoms with Gasteiger partial charge in [0, 0.05) is 36.7 Å². The molecule has 1 saturated heterocycles. The van der Waals surface area contributed by atoms with Crippen LogP contribution in [0.5, 0.6) is 0 Å². The highest BCUT2D eigenvalue weighted by Crippen LogP contribution is 2.24. The Balaban J connectivity index is 1.35. The van der Waals surface area contributed by atoms with Crippen molar-refractivity contribution in [1.29, 1.82) is 0 Å². The molecule has 6 heteroatoms. The summed E-state index contributed by atoms with van der Waals surface area (Å²) in [4.78, 5) is 29.1. The molecule has 0 aromatic heterocycles. The third-order valence-corrected chi connectivity index (χ3v) is 5.80. The van der Waals surface area contributed by atoms with Crippen molar-refractivity contribution in [3.05, 3.63) is 90.0 Å². The molecule has 33 heavy (non-hydrogen) atoms. The molecule has 0 bridgehead atoms. The second-order valence-electron chi connectivity index (χ2n) is 8.60. The van der Waals surface area contributed by atoms with Gasteiger partial charge >= 0.3 is 12.1 Å². The van der Waals surface area contributed by atoms with Crippen molar-refractivity contribution >= 4 is 29.1 Å². The minimum absolute atomic E-state index is 0.00778. The highest BCUT2D eigenvalue weighted by Gasteiger charge is 2.26. The van der Waals surface area contributed by atoms with Crippen molar-refractivity contribution in [3.63, 3.8) is 0 Å². The third kappa shape index (κ3) is 5.71. The highest BCUT2D eigenvalue weighted by atomic mass is 16.2. The van der Waals surface area contributed by atoms with Gasteiger partial charge in [-0.3, -0.25) is 4.90 Å². The Morgan fingerprint density at radius 2 is 1.45 bits per heavy atom. The zero-order valence-electron chi connectivity index (χ0n) is 19.1. The largest absolute Gasteiger partial charge is 0.324 e. The SMILES string of the molecule is CC(C)c1ccc(NC(=O)Nc2ccc(N3CCCN(Cc4ccccc4)C3=O)cc2)cc1. The second-order valence-corrected chi connectivity index (χ2v) is 8.60. The van der Waals surface area contributed by atoms with Gasteiger partial charge in [0.05, 0.1) is 0 Å². The lowest BCUT2D eigenvalue weighted by Crippen LogP contribution is -2.49. The molecule has 0 unspecified atom stereocenters. The maximum Gasteiger partial charge on any atom is 0.324 e. The first kappa shape index (κ1) is 22.4. The van der Waals surface area contributed by atoms with E-state index in [0.717, 1.165) is 29.9 Å². The van der Waals surface area contributed by atoms with Gasteiger partial charge in [-0.2, -0.15) is 0 Å². The Morgan fingerprint density at radius 1 is 0.848 bits per heavy atom. The van der Waals surface area contributed by atoms with Crippen LogP contribution in [-0.4, -0.2) is 30.1 Å². The summed E-state index contributed by atoms with van der Waals surface area (Å²) in [6, 6.07) is 25.0. The number of carbonyl (C=O) groups is 2. The Morgan fingerprint density at radius 3 is 2.06 bits per heavy atom. The summed E-state index contributed by atoms with van der Waals surface area (Å²) in [5, 5.41) is 5.70. The average Bonchev–Trinajstić information content (AvgIpc) is 2.82. The molecule has 0 atom stereocenters. The lowest BCUT2D eigenvalue weighted by atomic mass is 10.0. The molecule has 4 rings (SSSR count). The van der Waals surface area contributed by atoms with E-state index >= 15 is 0 Å². The fourth-order valence-electron chi connectivity index (χ4n) is 3.94. The first-order valence-corrected chi connectivity index (χ1v) is 11.4. The fraction of sp³-hybridized carbons (Fsp3) is 0.259. The first-order chi connectivity index (χ1) is 16.0. The van der Waals surface area contributed by atoms with Crippen LogP contribution < -0.4 is 15.5 Å². The van der Waals surface area contributed by atoms with Crippen LogP contribution in [0.1, 0.15) is 37.3 Å². The number of carbonyl (C=O) groups excluding carboxylic acids is 2. The van der Waals surface area contributed by atoms with Crippen molar-refractivity contribution in [2.24, 2.45) is 0 Å². The van der Waals surface area contributed by atoms with Crippen LogP contribution in [0.25, 0.3) is 0 Å². The van der Waals surface area contributed by atoms with Gasteiger partial charge in [-0.1, -0.05) is 56.3 Å². The van der Waals surface area contributed by atoms with Gasteiger partial charge in [-0.25, -0.2) is 9.59 Å². The van der Waals surface area contributed by atoms with Crippen molar-refractivity contribution in [1.82, 2.24) is 4.90 Å². The van der Waals surface area contributed by atoms with Crippen LogP contribution in [0.15, 0.2) is 78.9 Å². The van der Waals surface area contributed by atoms with Crippen LogP contribution in [-0.2, 0) is 6.54 Å². The number of urea groups is 2. The van der Waals surface area contributed by atoms with E-state index in [4.69, 9.17) is 0 Å². The molecular weight excluding hydrogens is 412 g/mol. The van der Waals surface area contributed by atoms with Crippen LogP contribution in [0.3, 0.4) is 0 Å². The number of rotatable bonds is 6. The average molecular weight is 443 g/mol. The normalized spacial score (nSPS) is 13.8. The van der Waals surface area contributed by atoms with Gasteiger partial charge in [-0.05, 0) is 59.9 Å². The van der Waals surface area contributed by atoms with Crippen LogP contribution in [0.2, 0.25) is 0 Å². The maximum absolute atomic E-state index is 13.0. The maximum atomic E-state index is 13.0. The topological polar surface area (TPSA) is 64.7 Å². The van der Waals surface area contributed by atoms with Crippen molar-refractivity contribution in [2.45, 2.75) is 32.7 Å². The van der Waals surface area contributed by atoms with Gasteiger partial charge in [-0.15, -0.1) is 0 Å². The van der Waals surface area contributed by atoms with E-state index in [-0.39, 0.29) is 12.1 Å². The van der Waals surface area contributed by atoms with E-state index in [2.05, 4.69) is 24.5 Å². The molecule has 0 spiro atoms. The minimum Gasteiger partial charge on any atom is -0.320 e. The second kappa shape index (κ2) is 10.2. The predicted octanol–water partition coefficient (Wildman–Crippen LogP) is 6.29. The minimum atomic E-state index is -0.303. The number of benzene rings is 3. The summed E-state index contributed by atoms with van der Waals surface area (Å²) < 4.78 is 0. The van der Waals surface area contributed by atoms with Crippen molar-refractivity contribution in [3.8, 4) is 0 Å². The van der Waals surface area contributed by atoms with Gasteiger partial charge in [0.1, 0.15) is 0 Å². The number of amides is 4. The molecule has 6 nitrogen and oxygen atoms in total. The van der Waals surface area contributed by atoms with Gasteiger partial charge in [0.15, 0.2) is 0 Å². The van der Waals surface area contributed by atoms with E-state index in [0.29, 0.717) is 24.7 Å². The van der Waals surface area contributed by atoms with Gasteiger partial charge in [0.2, 0.25) is 0 Å². The summed E-state index contributed by atoms with van der Waals surface area (Å²) in [5.74, 6) is 0.448. The Labute approximate surface area is 195 Å². The smallest absolute Gasteiger partial charge is 0.320 e. The van der Waals surface area contributed by atoms with Crippen LogP contribution >= 0.6 is 0 Å². The molecule has 1 fully saturated rings. The summed E-state index contributed by atoms with van der Waals surface area (Å²) in [7, 11) is 0.